The lowest BCUT2D eigenvalue weighted by Crippen LogP contribution is -2.16. The second-order valence-corrected chi connectivity index (χ2v) is 6.18. The van der Waals surface area contributed by atoms with E-state index < -0.39 is 0 Å². The Bertz CT molecular complexity index is 997. The monoisotopic (exact) mass is 382 g/mol. The molecular weight excluding hydrogens is 356 g/mol. The Kier molecular flexibility index (Phi) is 6.42. The molecule has 3 aromatic rings. The summed E-state index contributed by atoms with van der Waals surface area (Å²) in [6, 6.07) is 13.2. The zero-order valence-electron chi connectivity index (χ0n) is 16.5. The lowest BCUT2D eigenvalue weighted by atomic mass is 10.1. The van der Waals surface area contributed by atoms with Gasteiger partial charge in [0.2, 0.25) is 0 Å². The first-order chi connectivity index (χ1) is 13.6. The van der Waals surface area contributed by atoms with Crippen molar-refractivity contribution in [3.63, 3.8) is 0 Å². The molecule has 6 nitrogen and oxygen atoms in total. The first-order valence-electron chi connectivity index (χ1n) is 9.56. The van der Waals surface area contributed by atoms with Gasteiger partial charge in [-0.2, -0.15) is 0 Å². The number of hydrogen-bond donors (Lipinski definition) is 2. The maximum Gasteiger partial charge on any atom is 0.253 e. The number of nitrogens with one attached hydrogen (secondary N) is 2. The fourth-order valence-corrected chi connectivity index (χ4v) is 2.99. The van der Waals surface area contributed by atoms with Crippen LogP contribution in [0.15, 0.2) is 47.3 Å². The number of benzene rings is 2. The molecule has 148 valence electrons. The van der Waals surface area contributed by atoms with Crippen molar-refractivity contribution < 1.29 is 14.2 Å². The van der Waals surface area contributed by atoms with E-state index in [2.05, 4.69) is 10.3 Å². The highest BCUT2D eigenvalue weighted by molar-refractivity contribution is 5.80. The van der Waals surface area contributed by atoms with E-state index in [9.17, 15) is 4.79 Å². The highest BCUT2D eigenvalue weighted by Crippen LogP contribution is 2.30. The van der Waals surface area contributed by atoms with Crippen LogP contribution < -0.4 is 25.1 Å². The number of H-pyrrole nitrogens is 1. The fourth-order valence-electron chi connectivity index (χ4n) is 2.99. The molecule has 0 saturated heterocycles. The second kappa shape index (κ2) is 9.17. The van der Waals surface area contributed by atoms with Gasteiger partial charge < -0.3 is 24.5 Å². The van der Waals surface area contributed by atoms with E-state index in [1.54, 1.807) is 0 Å². The van der Waals surface area contributed by atoms with Gasteiger partial charge in [0.05, 0.1) is 25.5 Å². The maximum absolute atomic E-state index is 12.4. The molecule has 0 fully saturated rings. The standard InChI is InChI=1S/C22H26N2O4/c1-4-26-17-7-9-19-15(12-17)11-16(22(25)24-19)14-23-20-10-8-18(27-5-2)13-21(20)28-6-3/h7-13,23H,4-6,14H2,1-3H3,(H,24,25). The smallest absolute Gasteiger partial charge is 0.253 e. The largest absolute Gasteiger partial charge is 0.494 e. The minimum Gasteiger partial charge on any atom is -0.494 e. The van der Waals surface area contributed by atoms with Gasteiger partial charge in [0, 0.05) is 29.1 Å². The van der Waals surface area contributed by atoms with E-state index in [-0.39, 0.29) is 5.56 Å². The zero-order chi connectivity index (χ0) is 19.9. The summed E-state index contributed by atoms with van der Waals surface area (Å²) in [6.07, 6.45) is 0. The van der Waals surface area contributed by atoms with Crippen molar-refractivity contribution in [2.24, 2.45) is 0 Å². The van der Waals surface area contributed by atoms with Crippen molar-refractivity contribution in [2.75, 3.05) is 25.1 Å². The van der Waals surface area contributed by atoms with E-state index in [0.717, 1.165) is 28.1 Å². The molecule has 3 rings (SSSR count). The SMILES string of the molecule is CCOc1ccc(NCc2cc3cc(OCC)ccc3[nH]c2=O)c(OCC)c1. The number of aromatic amines is 1. The van der Waals surface area contributed by atoms with Crippen molar-refractivity contribution in [3.05, 3.63) is 58.4 Å². The average Bonchev–Trinajstić information content (AvgIpc) is 2.68. The second-order valence-electron chi connectivity index (χ2n) is 6.18. The van der Waals surface area contributed by atoms with Crippen molar-refractivity contribution in [1.82, 2.24) is 4.98 Å². The van der Waals surface area contributed by atoms with E-state index in [4.69, 9.17) is 14.2 Å². The Morgan fingerprint density at radius 3 is 2.25 bits per heavy atom. The van der Waals surface area contributed by atoms with Crippen LogP contribution in [0.2, 0.25) is 0 Å². The number of fused-ring (bicyclic) bond motifs is 1. The van der Waals surface area contributed by atoms with E-state index >= 15 is 0 Å². The normalized spacial score (nSPS) is 10.7. The molecule has 0 aliphatic carbocycles. The quantitative estimate of drug-likeness (QED) is 0.576. The van der Waals surface area contributed by atoms with Crippen LogP contribution in [0.5, 0.6) is 17.2 Å². The van der Waals surface area contributed by atoms with Crippen LogP contribution in [0.1, 0.15) is 26.3 Å². The van der Waals surface area contributed by atoms with Gasteiger partial charge in [0.15, 0.2) is 0 Å². The Morgan fingerprint density at radius 1 is 0.857 bits per heavy atom. The summed E-state index contributed by atoms with van der Waals surface area (Å²) in [7, 11) is 0. The first-order valence-corrected chi connectivity index (χ1v) is 9.56. The van der Waals surface area contributed by atoms with Gasteiger partial charge in [-0.3, -0.25) is 4.79 Å². The summed E-state index contributed by atoms with van der Waals surface area (Å²) in [6.45, 7) is 7.92. The minimum absolute atomic E-state index is 0.118. The Balaban J connectivity index is 1.84. The number of ether oxygens (including phenoxy) is 3. The van der Waals surface area contributed by atoms with Crippen LogP contribution >= 0.6 is 0 Å². The van der Waals surface area contributed by atoms with Crippen LogP contribution in [0, 0.1) is 0 Å². The molecule has 0 aliphatic heterocycles. The van der Waals surface area contributed by atoms with Crippen LogP contribution in [-0.4, -0.2) is 24.8 Å². The van der Waals surface area contributed by atoms with E-state index in [1.165, 1.54) is 0 Å². The molecular formula is C22H26N2O4. The summed E-state index contributed by atoms with van der Waals surface area (Å²) >= 11 is 0. The average molecular weight is 382 g/mol. The van der Waals surface area contributed by atoms with Gasteiger partial charge in [-0.1, -0.05) is 0 Å². The minimum atomic E-state index is -0.118. The molecule has 0 unspecified atom stereocenters. The molecule has 0 radical (unpaired) electrons. The molecule has 2 N–H and O–H groups in total. The molecule has 0 aliphatic rings. The van der Waals surface area contributed by atoms with E-state index in [0.29, 0.717) is 37.7 Å². The summed E-state index contributed by atoms with van der Waals surface area (Å²) in [5.41, 5.74) is 2.12. The number of anilines is 1. The predicted molar refractivity (Wildman–Crippen MR) is 112 cm³/mol. The number of hydrogen-bond acceptors (Lipinski definition) is 5. The van der Waals surface area contributed by atoms with Crippen LogP contribution in [-0.2, 0) is 6.54 Å². The van der Waals surface area contributed by atoms with Gasteiger partial charge in [0.1, 0.15) is 17.2 Å². The van der Waals surface area contributed by atoms with Gasteiger partial charge in [-0.15, -0.1) is 0 Å². The molecule has 1 heterocycles. The van der Waals surface area contributed by atoms with Gasteiger partial charge in [-0.25, -0.2) is 0 Å². The van der Waals surface area contributed by atoms with Gasteiger partial charge in [0.25, 0.3) is 5.56 Å². The lowest BCUT2D eigenvalue weighted by Gasteiger charge is -2.14. The lowest BCUT2D eigenvalue weighted by molar-refractivity contribution is 0.324. The van der Waals surface area contributed by atoms with Crippen molar-refractivity contribution in [3.8, 4) is 17.2 Å². The van der Waals surface area contributed by atoms with Crippen molar-refractivity contribution in [1.29, 1.82) is 0 Å². The molecule has 1 aromatic heterocycles. The number of aromatic nitrogens is 1. The van der Waals surface area contributed by atoms with Crippen molar-refractivity contribution in [2.45, 2.75) is 27.3 Å². The number of rotatable bonds is 9. The summed E-state index contributed by atoms with van der Waals surface area (Å²) in [5, 5.41) is 4.23. The third-order valence-corrected chi connectivity index (χ3v) is 4.24. The first kappa shape index (κ1) is 19.6. The third kappa shape index (κ3) is 4.57. The van der Waals surface area contributed by atoms with E-state index in [1.807, 2.05) is 63.2 Å². The Labute approximate surface area is 164 Å². The molecule has 28 heavy (non-hydrogen) atoms. The topological polar surface area (TPSA) is 72.6 Å². The van der Waals surface area contributed by atoms with Crippen LogP contribution in [0.25, 0.3) is 10.9 Å². The summed E-state index contributed by atoms with van der Waals surface area (Å²) in [5.74, 6) is 2.24. The summed E-state index contributed by atoms with van der Waals surface area (Å²) < 4.78 is 16.8. The number of pyridine rings is 1. The third-order valence-electron chi connectivity index (χ3n) is 4.24. The maximum atomic E-state index is 12.4. The highest BCUT2D eigenvalue weighted by Gasteiger charge is 2.09. The Hall–Kier alpha value is -3.15. The molecule has 0 amide bonds. The summed E-state index contributed by atoms with van der Waals surface area (Å²) in [4.78, 5) is 15.4. The molecule has 0 bridgehead atoms. The zero-order valence-corrected chi connectivity index (χ0v) is 16.5. The predicted octanol–water partition coefficient (Wildman–Crippen LogP) is 4.34. The van der Waals surface area contributed by atoms with Crippen LogP contribution in [0.4, 0.5) is 5.69 Å². The Morgan fingerprint density at radius 2 is 1.54 bits per heavy atom. The highest BCUT2D eigenvalue weighted by atomic mass is 16.5. The van der Waals surface area contributed by atoms with Crippen molar-refractivity contribution >= 4 is 16.6 Å². The van der Waals surface area contributed by atoms with Crippen LogP contribution in [0.3, 0.4) is 0 Å². The fraction of sp³-hybridized carbons (Fsp3) is 0.318. The molecule has 0 spiro atoms. The van der Waals surface area contributed by atoms with Gasteiger partial charge in [-0.05, 0) is 57.2 Å². The molecule has 0 atom stereocenters. The molecule has 0 saturated carbocycles. The molecule has 2 aromatic carbocycles. The molecule has 6 heteroatoms. The van der Waals surface area contributed by atoms with Gasteiger partial charge >= 0.3 is 0 Å².